The van der Waals surface area contributed by atoms with E-state index in [1.807, 2.05) is 0 Å². The van der Waals surface area contributed by atoms with E-state index in [9.17, 15) is 0 Å². The maximum absolute atomic E-state index is 5.55. The molecule has 1 fully saturated rings. The predicted octanol–water partition coefficient (Wildman–Crippen LogP) is 5.66. The number of aryl methyl sites for hydroxylation is 1. The number of hydrogen-bond acceptors (Lipinski definition) is 1. The first kappa shape index (κ1) is 14.9. The fourth-order valence-corrected chi connectivity index (χ4v) is 4.69. The first-order valence-electron chi connectivity index (χ1n) is 7.24. The molecule has 0 bridgehead atoms. The second-order valence-electron chi connectivity index (χ2n) is 6.49. The van der Waals surface area contributed by atoms with Crippen molar-refractivity contribution >= 4 is 15.9 Å². The molecule has 1 aromatic carbocycles. The summed E-state index contributed by atoms with van der Waals surface area (Å²) in [6.45, 7) is 6.97. The molecular weight excluding hydrogens is 300 g/mol. The standard InChI is InChI=1S/C17H25BrO/c1-12-8-9-15(19-4)13(11-12)16(18)14-7-5-6-10-17(14,2)3/h8-9,11,14,16H,5-7,10H2,1-4H3. The molecule has 2 atom stereocenters. The van der Waals surface area contributed by atoms with Gasteiger partial charge in [0.05, 0.1) is 7.11 Å². The Morgan fingerprint density at radius 3 is 2.68 bits per heavy atom. The zero-order valence-corrected chi connectivity index (χ0v) is 14.1. The molecule has 1 aliphatic rings. The van der Waals surface area contributed by atoms with Crippen LogP contribution in [0.4, 0.5) is 0 Å². The van der Waals surface area contributed by atoms with E-state index in [-0.39, 0.29) is 0 Å². The second-order valence-corrected chi connectivity index (χ2v) is 7.47. The van der Waals surface area contributed by atoms with Crippen molar-refractivity contribution in [2.24, 2.45) is 11.3 Å². The summed E-state index contributed by atoms with van der Waals surface area (Å²) in [7, 11) is 1.76. The van der Waals surface area contributed by atoms with E-state index in [2.05, 4.69) is 54.9 Å². The van der Waals surface area contributed by atoms with Gasteiger partial charge in [-0.25, -0.2) is 0 Å². The van der Waals surface area contributed by atoms with Crippen molar-refractivity contribution in [3.8, 4) is 5.75 Å². The van der Waals surface area contributed by atoms with Gasteiger partial charge in [0.1, 0.15) is 5.75 Å². The van der Waals surface area contributed by atoms with Gasteiger partial charge < -0.3 is 4.74 Å². The highest BCUT2D eigenvalue weighted by atomic mass is 79.9. The zero-order valence-electron chi connectivity index (χ0n) is 12.5. The van der Waals surface area contributed by atoms with Gasteiger partial charge in [-0.15, -0.1) is 0 Å². The SMILES string of the molecule is COc1ccc(C)cc1C(Br)C1CCCCC1(C)C. The number of hydrogen-bond donors (Lipinski definition) is 0. The molecule has 106 valence electrons. The summed E-state index contributed by atoms with van der Waals surface area (Å²) in [6, 6.07) is 6.48. The number of methoxy groups -OCH3 is 1. The van der Waals surface area contributed by atoms with E-state index >= 15 is 0 Å². The van der Waals surface area contributed by atoms with E-state index < -0.39 is 0 Å². The molecular formula is C17H25BrO. The minimum Gasteiger partial charge on any atom is -0.496 e. The summed E-state index contributed by atoms with van der Waals surface area (Å²) in [4.78, 5) is 0.387. The normalized spacial score (nSPS) is 23.9. The predicted molar refractivity (Wildman–Crippen MR) is 85.1 cm³/mol. The molecule has 0 radical (unpaired) electrons. The van der Waals surface area contributed by atoms with Crippen LogP contribution in [-0.2, 0) is 0 Å². The third-order valence-corrected chi connectivity index (χ3v) is 5.76. The van der Waals surface area contributed by atoms with Gasteiger partial charge in [-0.1, -0.05) is 60.3 Å². The lowest BCUT2D eigenvalue weighted by Gasteiger charge is -2.41. The molecule has 0 saturated heterocycles. The van der Waals surface area contributed by atoms with Crippen LogP contribution < -0.4 is 4.74 Å². The molecule has 0 aromatic heterocycles. The van der Waals surface area contributed by atoms with Gasteiger partial charge in [-0.05, 0) is 37.2 Å². The lowest BCUT2D eigenvalue weighted by Crippen LogP contribution is -2.30. The van der Waals surface area contributed by atoms with Crippen molar-refractivity contribution in [2.45, 2.75) is 51.3 Å². The summed E-state index contributed by atoms with van der Waals surface area (Å²) in [5, 5.41) is 0. The van der Waals surface area contributed by atoms with Gasteiger partial charge in [0.2, 0.25) is 0 Å². The highest BCUT2D eigenvalue weighted by molar-refractivity contribution is 9.09. The van der Waals surface area contributed by atoms with Crippen molar-refractivity contribution < 1.29 is 4.74 Å². The Bertz CT molecular complexity index is 439. The topological polar surface area (TPSA) is 9.23 Å². The van der Waals surface area contributed by atoms with Crippen LogP contribution in [0.15, 0.2) is 18.2 Å². The van der Waals surface area contributed by atoms with Gasteiger partial charge in [0.15, 0.2) is 0 Å². The molecule has 1 aromatic rings. The van der Waals surface area contributed by atoms with Gasteiger partial charge in [-0.3, -0.25) is 0 Å². The van der Waals surface area contributed by atoms with Gasteiger partial charge >= 0.3 is 0 Å². The molecule has 1 nitrogen and oxygen atoms in total. The summed E-state index contributed by atoms with van der Waals surface area (Å²) in [5.41, 5.74) is 3.01. The summed E-state index contributed by atoms with van der Waals surface area (Å²) < 4.78 is 5.55. The monoisotopic (exact) mass is 324 g/mol. The maximum Gasteiger partial charge on any atom is 0.123 e. The Labute approximate surface area is 125 Å². The molecule has 1 aliphatic carbocycles. The molecule has 0 aliphatic heterocycles. The van der Waals surface area contributed by atoms with E-state index in [1.165, 1.54) is 36.8 Å². The first-order valence-corrected chi connectivity index (χ1v) is 8.16. The molecule has 0 N–H and O–H groups in total. The molecule has 1 saturated carbocycles. The summed E-state index contributed by atoms with van der Waals surface area (Å²) in [5.74, 6) is 1.69. The van der Waals surface area contributed by atoms with Crippen molar-refractivity contribution in [2.75, 3.05) is 7.11 Å². The minimum atomic E-state index is 0.387. The van der Waals surface area contributed by atoms with E-state index in [0.717, 1.165) is 5.75 Å². The number of ether oxygens (including phenoxy) is 1. The molecule has 19 heavy (non-hydrogen) atoms. The number of benzene rings is 1. The Balaban J connectivity index is 2.32. The minimum absolute atomic E-state index is 0.387. The van der Waals surface area contributed by atoms with Gasteiger partial charge in [0.25, 0.3) is 0 Å². The van der Waals surface area contributed by atoms with Crippen LogP contribution in [0.25, 0.3) is 0 Å². The van der Waals surface area contributed by atoms with E-state index in [4.69, 9.17) is 4.74 Å². The Morgan fingerprint density at radius 2 is 2.05 bits per heavy atom. The lowest BCUT2D eigenvalue weighted by molar-refractivity contribution is 0.136. The number of halogens is 1. The first-order chi connectivity index (χ1) is 8.95. The summed E-state index contributed by atoms with van der Waals surface area (Å²) >= 11 is 3.97. The van der Waals surface area contributed by atoms with Crippen LogP contribution in [0.3, 0.4) is 0 Å². The van der Waals surface area contributed by atoms with Crippen LogP contribution >= 0.6 is 15.9 Å². The largest absolute Gasteiger partial charge is 0.496 e. The Kier molecular flexibility index (Phi) is 4.60. The van der Waals surface area contributed by atoms with Crippen LogP contribution in [0.1, 0.15) is 55.5 Å². The average Bonchev–Trinajstić information content (AvgIpc) is 2.37. The molecule has 2 rings (SSSR count). The van der Waals surface area contributed by atoms with Crippen molar-refractivity contribution in [3.05, 3.63) is 29.3 Å². The molecule has 0 spiro atoms. The zero-order chi connectivity index (χ0) is 14.0. The van der Waals surface area contributed by atoms with Crippen molar-refractivity contribution in [1.29, 1.82) is 0 Å². The fourth-order valence-electron chi connectivity index (χ4n) is 3.35. The van der Waals surface area contributed by atoms with E-state index in [0.29, 0.717) is 16.2 Å². The number of rotatable bonds is 3. The third kappa shape index (κ3) is 3.16. The van der Waals surface area contributed by atoms with Crippen LogP contribution in [0.2, 0.25) is 0 Å². The van der Waals surface area contributed by atoms with Crippen LogP contribution in [-0.4, -0.2) is 7.11 Å². The Morgan fingerprint density at radius 1 is 1.32 bits per heavy atom. The number of alkyl halides is 1. The molecule has 0 amide bonds. The van der Waals surface area contributed by atoms with Gasteiger partial charge in [-0.2, -0.15) is 0 Å². The third-order valence-electron chi connectivity index (χ3n) is 4.63. The van der Waals surface area contributed by atoms with Crippen molar-refractivity contribution in [3.63, 3.8) is 0 Å². The molecule has 2 heteroatoms. The van der Waals surface area contributed by atoms with E-state index in [1.54, 1.807) is 7.11 Å². The fraction of sp³-hybridized carbons (Fsp3) is 0.647. The molecule has 2 unspecified atom stereocenters. The summed E-state index contributed by atoms with van der Waals surface area (Å²) in [6.07, 6.45) is 5.35. The highest BCUT2D eigenvalue weighted by Crippen LogP contribution is 2.51. The smallest absolute Gasteiger partial charge is 0.123 e. The maximum atomic E-state index is 5.55. The quantitative estimate of drug-likeness (QED) is 0.652. The average molecular weight is 325 g/mol. The second kappa shape index (κ2) is 5.87. The van der Waals surface area contributed by atoms with Crippen molar-refractivity contribution in [1.82, 2.24) is 0 Å². The highest BCUT2D eigenvalue weighted by Gasteiger charge is 2.37. The van der Waals surface area contributed by atoms with Crippen LogP contribution in [0, 0.1) is 18.3 Å². The van der Waals surface area contributed by atoms with Gasteiger partial charge in [0, 0.05) is 10.4 Å². The lowest BCUT2D eigenvalue weighted by atomic mass is 9.66. The molecule has 0 heterocycles. The Hall–Kier alpha value is -0.500. The van der Waals surface area contributed by atoms with Crippen LogP contribution in [0.5, 0.6) is 5.75 Å².